The quantitative estimate of drug-likeness (QED) is 0.584. The molecule has 0 aromatic rings. The average Bonchev–Trinajstić information content (AvgIpc) is 3.15. The summed E-state index contributed by atoms with van der Waals surface area (Å²) in [6.07, 6.45) is 8.87. The average molecular weight is 275 g/mol. The van der Waals surface area contributed by atoms with Crippen molar-refractivity contribution in [2.75, 3.05) is 5.88 Å². The maximum Gasteiger partial charge on any atom is 0.155 e. The van der Waals surface area contributed by atoms with Crippen molar-refractivity contribution in [3.63, 3.8) is 0 Å². The maximum absolute atomic E-state index is 12.8. The Morgan fingerprint density at radius 2 is 1.37 bits per heavy atom. The summed E-state index contributed by atoms with van der Waals surface area (Å²) in [6.45, 7) is 1.69. The first-order valence-corrected chi connectivity index (χ1v) is 7.63. The SMILES string of the molecule is CC(=O)C12[C@H]3C=C[C@H]4[C@@H]3[C@@H]3[C@@H]1C=C[C@@H]3C42C(=O)CCl. The van der Waals surface area contributed by atoms with Crippen molar-refractivity contribution in [2.24, 2.45) is 46.3 Å². The molecule has 0 radical (unpaired) electrons. The molecular formula is C16H15ClO2. The van der Waals surface area contributed by atoms with E-state index in [1.807, 2.05) is 0 Å². The molecule has 0 amide bonds. The van der Waals surface area contributed by atoms with Gasteiger partial charge in [-0.1, -0.05) is 24.3 Å². The predicted molar refractivity (Wildman–Crippen MR) is 70.5 cm³/mol. The van der Waals surface area contributed by atoms with Gasteiger partial charge in [0.05, 0.1) is 16.7 Å². The minimum atomic E-state index is -0.491. The van der Waals surface area contributed by atoms with Crippen LogP contribution in [0.5, 0.6) is 0 Å². The fourth-order valence-corrected chi connectivity index (χ4v) is 7.46. The molecule has 0 saturated heterocycles. The van der Waals surface area contributed by atoms with Crippen molar-refractivity contribution >= 4 is 23.2 Å². The van der Waals surface area contributed by atoms with E-state index in [1.54, 1.807) is 6.92 Å². The molecule has 8 bridgehead atoms. The lowest BCUT2D eigenvalue weighted by Crippen LogP contribution is -2.57. The number of ketones is 2. The van der Waals surface area contributed by atoms with Gasteiger partial charge in [-0.3, -0.25) is 9.59 Å². The van der Waals surface area contributed by atoms with E-state index in [-0.39, 0.29) is 29.3 Å². The molecule has 0 aromatic carbocycles. The van der Waals surface area contributed by atoms with Crippen LogP contribution in [0.2, 0.25) is 0 Å². The number of alkyl halides is 1. The zero-order chi connectivity index (χ0) is 13.2. The van der Waals surface area contributed by atoms with Crippen LogP contribution in [0.15, 0.2) is 24.3 Å². The first kappa shape index (κ1) is 10.8. The molecule has 19 heavy (non-hydrogen) atoms. The molecule has 6 atom stereocenters. The van der Waals surface area contributed by atoms with Gasteiger partial charge in [0.2, 0.25) is 0 Å². The summed E-state index contributed by atoms with van der Waals surface area (Å²) in [6, 6.07) is 0. The summed E-state index contributed by atoms with van der Waals surface area (Å²) in [7, 11) is 0. The van der Waals surface area contributed by atoms with Crippen molar-refractivity contribution in [1.82, 2.24) is 0 Å². The van der Waals surface area contributed by atoms with Crippen LogP contribution in [-0.2, 0) is 9.59 Å². The van der Waals surface area contributed by atoms with Crippen LogP contribution in [0.1, 0.15) is 6.92 Å². The van der Waals surface area contributed by atoms with Crippen molar-refractivity contribution in [3.8, 4) is 0 Å². The van der Waals surface area contributed by atoms with E-state index < -0.39 is 10.8 Å². The molecule has 0 aliphatic heterocycles. The highest BCUT2D eigenvalue weighted by Crippen LogP contribution is 2.89. The third kappa shape index (κ3) is 0.674. The molecule has 4 fully saturated rings. The van der Waals surface area contributed by atoms with Crippen LogP contribution in [0.4, 0.5) is 0 Å². The molecule has 0 unspecified atom stereocenters. The van der Waals surface area contributed by atoms with Crippen LogP contribution < -0.4 is 0 Å². The number of carbonyl (C=O) groups is 2. The topological polar surface area (TPSA) is 34.1 Å². The Morgan fingerprint density at radius 1 is 0.947 bits per heavy atom. The zero-order valence-electron chi connectivity index (χ0n) is 10.7. The van der Waals surface area contributed by atoms with Gasteiger partial charge in [0, 0.05) is 0 Å². The number of allylic oxidation sites excluding steroid dienone is 4. The molecule has 2 nitrogen and oxygen atoms in total. The number of halogens is 1. The van der Waals surface area contributed by atoms with Crippen LogP contribution in [0, 0.1) is 46.3 Å². The van der Waals surface area contributed by atoms with Gasteiger partial charge in [-0.15, -0.1) is 11.6 Å². The Balaban J connectivity index is 1.89. The van der Waals surface area contributed by atoms with E-state index in [1.165, 1.54) is 0 Å². The number of carbonyl (C=O) groups excluding carboxylic acids is 2. The highest BCUT2D eigenvalue weighted by atomic mass is 35.5. The van der Waals surface area contributed by atoms with Gasteiger partial charge in [0.25, 0.3) is 0 Å². The molecule has 0 spiro atoms. The van der Waals surface area contributed by atoms with Gasteiger partial charge in [0.15, 0.2) is 5.78 Å². The van der Waals surface area contributed by atoms with Gasteiger partial charge >= 0.3 is 0 Å². The number of hydrogen-bond acceptors (Lipinski definition) is 2. The Labute approximate surface area is 116 Å². The smallest absolute Gasteiger partial charge is 0.155 e. The number of Topliss-reactive ketones (excluding diaryl/α,β-unsaturated/α-hetero) is 2. The Bertz CT molecular complexity index is 570. The van der Waals surface area contributed by atoms with Crippen molar-refractivity contribution in [3.05, 3.63) is 24.3 Å². The molecule has 6 rings (SSSR count). The van der Waals surface area contributed by atoms with Crippen molar-refractivity contribution in [2.45, 2.75) is 6.92 Å². The van der Waals surface area contributed by atoms with E-state index in [0.717, 1.165) is 0 Å². The normalized spacial score (nSPS) is 60.7. The molecule has 6 aliphatic rings. The minimum Gasteiger partial charge on any atom is -0.299 e. The van der Waals surface area contributed by atoms with Gasteiger partial charge < -0.3 is 0 Å². The van der Waals surface area contributed by atoms with E-state index in [4.69, 9.17) is 11.6 Å². The Hall–Kier alpha value is -0.890. The third-order valence-electron chi connectivity index (χ3n) is 7.11. The van der Waals surface area contributed by atoms with Crippen LogP contribution in [-0.4, -0.2) is 17.4 Å². The van der Waals surface area contributed by atoms with Crippen LogP contribution >= 0.6 is 11.6 Å². The van der Waals surface area contributed by atoms with E-state index in [9.17, 15) is 9.59 Å². The lowest BCUT2D eigenvalue weighted by Gasteiger charge is -2.50. The van der Waals surface area contributed by atoms with Gasteiger partial charge in [0.1, 0.15) is 5.78 Å². The summed E-state index contributed by atoms with van der Waals surface area (Å²) in [4.78, 5) is 25.4. The maximum atomic E-state index is 12.8. The minimum absolute atomic E-state index is 0.0442. The lowest BCUT2D eigenvalue weighted by molar-refractivity contribution is -0.150. The van der Waals surface area contributed by atoms with Gasteiger partial charge in [-0.2, -0.15) is 0 Å². The number of rotatable bonds is 3. The first-order valence-electron chi connectivity index (χ1n) is 7.10. The second kappa shape index (κ2) is 2.76. The molecule has 0 N–H and O–H groups in total. The third-order valence-corrected chi connectivity index (χ3v) is 7.35. The standard InChI is InChI=1S/C16H15ClO2/c1-7(18)15-8-2-4-10-13(8)14-9(15)3-5-11(14)16(10,15)12(19)6-17/h2-5,8-11,13-14H,6H2,1H3/t8-,9-,10-,11-,13+,14+,15?,16?/m0/s1. The van der Waals surface area contributed by atoms with Crippen LogP contribution in [0.25, 0.3) is 0 Å². The largest absolute Gasteiger partial charge is 0.299 e. The highest BCUT2D eigenvalue weighted by Gasteiger charge is 2.91. The summed E-state index contributed by atoms with van der Waals surface area (Å²) in [5.74, 6) is 2.52. The fraction of sp³-hybridized carbons (Fsp3) is 0.625. The van der Waals surface area contributed by atoms with Crippen molar-refractivity contribution in [1.29, 1.82) is 0 Å². The van der Waals surface area contributed by atoms with Gasteiger partial charge in [-0.25, -0.2) is 0 Å². The summed E-state index contributed by atoms with van der Waals surface area (Å²) in [5.41, 5.74) is -0.943. The summed E-state index contributed by atoms with van der Waals surface area (Å²) in [5, 5.41) is 0. The van der Waals surface area contributed by atoms with E-state index >= 15 is 0 Å². The summed E-state index contributed by atoms with van der Waals surface area (Å²) >= 11 is 5.93. The molecule has 4 saturated carbocycles. The molecule has 98 valence electrons. The predicted octanol–water partition coefficient (Wildman–Crippen LogP) is 2.23. The fourth-order valence-electron chi connectivity index (χ4n) is 7.24. The van der Waals surface area contributed by atoms with Gasteiger partial charge in [-0.05, 0) is 42.4 Å². The number of hydrogen-bond donors (Lipinski definition) is 0. The first-order chi connectivity index (χ1) is 9.13. The summed E-state index contributed by atoms with van der Waals surface area (Å²) < 4.78 is 0. The molecular weight excluding hydrogens is 260 g/mol. The molecule has 6 aliphatic carbocycles. The monoisotopic (exact) mass is 274 g/mol. The second-order valence-corrected chi connectivity index (χ2v) is 7.15. The van der Waals surface area contributed by atoms with Crippen molar-refractivity contribution < 1.29 is 9.59 Å². The zero-order valence-corrected chi connectivity index (χ0v) is 11.4. The van der Waals surface area contributed by atoms with Crippen LogP contribution in [0.3, 0.4) is 0 Å². The highest BCUT2D eigenvalue weighted by molar-refractivity contribution is 6.29. The molecule has 0 heterocycles. The van der Waals surface area contributed by atoms with E-state index in [2.05, 4.69) is 24.3 Å². The Kier molecular flexibility index (Phi) is 1.58. The molecule has 0 aromatic heterocycles. The Morgan fingerprint density at radius 3 is 1.74 bits per heavy atom. The molecule has 3 heteroatoms. The lowest BCUT2D eigenvalue weighted by atomic mass is 9.50. The second-order valence-electron chi connectivity index (χ2n) is 6.88. The van der Waals surface area contributed by atoms with E-state index in [0.29, 0.717) is 23.7 Å².